The molecule has 0 radical (unpaired) electrons. The van der Waals surface area contributed by atoms with Gasteiger partial charge in [0.2, 0.25) is 17.7 Å². The van der Waals surface area contributed by atoms with E-state index in [-0.39, 0.29) is 36.6 Å². The third-order valence-electron chi connectivity index (χ3n) is 3.31. The van der Waals surface area contributed by atoms with Crippen molar-refractivity contribution in [2.75, 3.05) is 0 Å². The lowest BCUT2D eigenvalue weighted by Crippen LogP contribution is -2.56. The van der Waals surface area contributed by atoms with Crippen LogP contribution in [0.1, 0.15) is 19.3 Å². The van der Waals surface area contributed by atoms with Crippen LogP contribution in [-0.2, 0) is 14.4 Å². The van der Waals surface area contributed by atoms with Crippen LogP contribution in [0.2, 0.25) is 0 Å². The van der Waals surface area contributed by atoms with Gasteiger partial charge in [0, 0.05) is 12.3 Å². The van der Waals surface area contributed by atoms with Gasteiger partial charge in [-0.05, 0) is 12.8 Å². The van der Waals surface area contributed by atoms with Gasteiger partial charge in [-0.1, -0.05) is 6.08 Å². The molecule has 0 bridgehead atoms. The highest BCUT2D eigenvalue weighted by Crippen LogP contribution is 2.42. The van der Waals surface area contributed by atoms with Crippen LogP contribution in [-0.4, -0.2) is 29.3 Å². The molecule has 2 aliphatic rings. The Morgan fingerprint density at radius 2 is 2.22 bits per heavy atom. The van der Waals surface area contributed by atoms with E-state index in [1.165, 1.54) is 0 Å². The van der Waals surface area contributed by atoms with E-state index in [0.717, 1.165) is 0 Å². The summed E-state index contributed by atoms with van der Waals surface area (Å²) in [6.07, 6.45) is 2.75. The van der Waals surface area contributed by atoms with Crippen molar-refractivity contribution >= 4 is 30.1 Å². The van der Waals surface area contributed by atoms with Gasteiger partial charge in [-0.15, -0.1) is 19.0 Å². The highest BCUT2D eigenvalue weighted by atomic mass is 35.5. The Kier molecular flexibility index (Phi) is 4.13. The highest BCUT2D eigenvalue weighted by molar-refractivity contribution is 6.02. The standard InChI is InChI=1S/C11H15N3O3.ClH/c1-2-6-5-11(6,12)10(17)13-7-3-4-8(15)14-9(7)16;/h2,6-7H,1,3-5,12H2,(H,13,17)(H,14,15,16);1H/t6-,7?,11-;/m1./s1. The van der Waals surface area contributed by atoms with Crippen molar-refractivity contribution in [1.29, 1.82) is 0 Å². The second-order valence-corrected chi connectivity index (χ2v) is 4.56. The normalized spacial score (nSPS) is 34.1. The molecule has 0 spiro atoms. The van der Waals surface area contributed by atoms with E-state index in [0.29, 0.717) is 12.8 Å². The zero-order chi connectivity index (χ0) is 12.6. The van der Waals surface area contributed by atoms with Gasteiger partial charge >= 0.3 is 0 Å². The molecular weight excluding hydrogens is 258 g/mol. The van der Waals surface area contributed by atoms with Crippen LogP contribution in [0.25, 0.3) is 0 Å². The SMILES string of the molecule is C=C[C@@H]1C[C@]1(N)C(=O)NC1CCC(=O)NC1=O.Cl. The average Bonchev–Trinajstić information content (AvgIpc) is 2.95. The van der Waals surface area contributed by atoms with Gasteiger partial charge in [0.1, 0.15) is 11.6 Å². The number of piperidine rings is 1. The number of imide groups is 1. The fourth-order valence-corrected chi connectivity index (χ4v) is 1.98. The molecule has 0 aromatic carbocycles. The lowest BCUT2D eigenvalue weighted by molar-refractivity contribution is -0.137. The summed E-state index contributed by atoms with van der Waals surface area (Å²) >= 11 is 0. The number of nitrogens with two attached hydrogens (primary N) is 1. The maximum absolute atomic E-state index is 11.8. The first kappa shape index (κ1) is 14.7. The molecule has 6 nitrogen and oxygen atoms in total. The predicted molar refractivity (Wildman–Crippen MR) is 66.8 cm³/mol. The molecular formula is C11H16ClN3O3. The first-order valence-electron chi connectivity index (χ1n) is 5.53. The number of hydrogen-bond acceptors (Lipinski definition) is 4. The molecule has 18 heavy (non-hydrogen) atoms. The van der Waals surface area contributed by atoms with E-state index in [1.807, 2.05) is 0 Å². The minimum Gasteiger partial charge on any atom is -0.343 e. The number of nitrogens with one attached hydrogen (secondary N) is 2. The van der Waals surface area contributed by atoms with E-state index >= 15 is 0 Å². The van der Waals surface area contributed by atoms with Crippen molar-refractivity contribution in [1.82, 2.24) is 10.6 Å². The first-order valence-corrected chi connectivity index (χ1v) is 5.53. The maximum atomic E-state index is 11.8. The van der Waals surface area contributed by atoms with Crippen LogP contribution < -0.4 is 16.4 Å². The van der Waals surface area contributed by atoms with Crippen LogP contribution >= 0.6 is 12.4 Å². The third kappa shape index (κ3) is 2.54. The highest BCUT2D eigenvalue weighted by Gasteiger charge is 2.55. The monoisotopic (exact) mass is 273 g/mol. The van der Waals surface area contributed by atoms with Gasteiger partial charge in [0.25, 0.3) is 0 Å². The summed E-state index contributed by atoms with van der Waals surface area (Å²) in [4.78, 5) is 34.2. The Morgan fingerprint density at radius 1 is 1.56 bits per heavy atom. The average molecular weight is 274 g/mol. The molecule has 2 fully saturated rings. The lowest BCUT2D eigenvalue weighted by atomic mass is 10.1. The summed E-state index contributed by atoms with van der Waals surface area (Å²) < 4.78 is 0. The summed E-state index contributed by atoms with van der Waals surface area (Å²) in [7, 11) is 0. The quantitative estimate of drug-likeness (QED) is 0.464. The molecule has 1 saturated carbocycles. The summed E-state index contributed by atoms with van der Waals surface area (Å²) in [5.74, 6) is -1.15. The second kappa shape index (κ2) is 5.07. The summed E-state index contributed by atoms with van der Waals surface area (Å²) in [5.41, 5.74) is 4.93. The smallest absolute Gasteiger partial charge is 0.249 e. The minimum atomic E-state index is -0.927. The van der Waals surface area contributed by atoms with Gasteiger partial charge in [-0.3, -0.25) is 19.7 Å². The summed E-state index contributed by atoms with van der Waals surface area (Å²) in [6.45, 7) is 3.59. The first-order chi connectivity index (χ1) is 7.97. The fraction of sp³-hybridized carbons (Fsp3) is 0.545. The van der Waals surface area contributed by atoms with Crippen LogP contribution in [0, 0.1) is 5.92 Å². The largest absolute Gasteiger partial charge is 0.343 e. The van der Waals surface area contributed by atoms with E-state index in [9.17, 15) is 14.4 Å². The number of halogens is 1. The molecule has 0 aromatic heterocycles. The molecule has 4 N–H and O–H groups in total. The third-order valence-corrected chi connectivity index (χ3v) is 3.31. The van der Waals surface area contributed by atoms with Crippen molar-refractivity contribution in [3.63, 3.8) is 0 Å². The fourth-order valence-electron chi connectivity index (χ4n) is 1.98. The van der Waals surface area contributed by atoms with E-state index in [2.05, 4.69) is 17.2 Å². The Hall–Kier alpha value is -1.40. The summed E-state index contributed by atoms with van der Waals surface area (Å²) in [5, 5.41) is 4.76. The minimum absolute atomic E-state index is 0. The van der Waals surface area contributed by atoms with E-state index < -0.39 is 17.5 Å². The Labute approximate surface area is 111 Å². The molecule has 100 valence electrons. The number of carbonyl (C=O) groups excluding carboxylic acids is 3. The predicted octanol–water partition coefficient (Wildman–Crippen LogP) is -0.767. The zero-order valence-corrected chi connectivity index (χ0v) is 10.6. The molecule has 1 heterocycles. The Bertz CT molecular complexity index is 412. The van der Waals surface area contributed by atoms with Gasteiger partial charge in [-0.2, -0.15) is 0 Å². The molecule has 7 heteroatoms. The van der Waals surface area contributed by atoms with Gasteiger partial charge in [0.05, 0.1) is 0 Å². The molecule has 3 amide bonds. The number of hydrogen-bond donors (Lipinski definition) is 3. The van der Waals surface area contributed by atoms with Crippen LogP contribution in [0.4, 0.5) is 0 Å². The van der Waals surface area contributed by atoms with Crippen molar-refractivity contribution in [2.24, 2.45) is 11.7 Å². The molecule has 1 saturated heterocycles. The van der Waals surface area contributed by atoms with E-state index in [1.54, 1.807) is 6.08 Å². The van der Waals surface area contributed by atoms with Gasteiger partial charge < -0.3 is 11.1 Å². The molecule has 0 aromatic rings. The lowest BCUT2D eigenvalue weighted by Gasteiger charge is -2.23. The van der Waals surface area contributed by atoms with Crippen molar-refractivity contribution in [3.8, 4) is 0 Å². The van der Waals surface area contributed by atoms with Crippen molar-refractivity contribution < 1.29 is 14.4 Å². The molecule has 1 aliphatic heterocycles. The maximum Gasteiger partial charge on any atom is 0.249 e. The van der Waals surface area contributed by atoms with Crippen LogP contribution in [0.5, 0.6) is 0 Å². The molecule has 1 aliphatic carbocycles. The van der Waals surface area contributed by atoms with Crippen LogP contribution in [0.3, 0.4) is 0 Å². The summed E-state index contributed by atoms with van der Waals surface area (Å²) in [6, 6.07) is -0.660. The Morgan fingerprint density at radius 3 is 2.72 bits per heavy atom. The van der Waals surface area contributed by atoms with Crippen molar-refractivity contribution in [3.05, 3.63) is 12.7 Å². The number of rotatable bonds is 3. The topological polar surface area (TPSA) is 101 Å². The van der Waals surface area contributed by atoms with Gasteiger partial charge in [-0.25, -0.2) is 0 Å². The zero-order valence-electron chi connectivity index (χ0n) is 9.77. The molecule has 2 rings (SSSR count). The Balaban J connectivity index is 0.00000162. The van der Waals surface area contributed by atoms with Crippen molar-refractivity contribution in [2.45, 2.75) is 30.8 Å². The number of amides is 3. The molecule has 3 atom stereocenters. The number of carbonyl (C=O) groups is 3. The molecule has 1 unspecified atom stereocenters. The second-order valence-electron chi connectivity index (χ2n) is 4.56. The van der Waals surface area contributed by atoms with Crippen LogP contribution in [0.15, 0.2) is 12.7 Å². The van der Waals surface area contributed by atoms with Gasteiger partial charge in [0.15, 0.2) is 0 Å². The van der Waals surface area contributed by atoms with E-state index in [4.69, 9.17) is 5.73 Å².